The molecule has 0 aliphatic carbocycles. The van der Waals surface area contributed by atoms with Crippen molar-refractivity contribution < 1.29 is 46.7 Å². The average Bonchev–Trinajstić information content (AvgIpc) is 3.68. The number of halogens is 2. The molecule has 1 unspecified atom stereocenters. The fraction of sp³-hybridized carbons (Fsp3) is 0.455. The minimum absolute atomic E-state index is 0.0423. The maximum atomic E-state index is 14.7. The number of aromatic nitrogens is 3. The molecule has 0 bridgehead atoms. The minimum atomic E-state index is -0.820. The van der Waals surface area contributed by atoms with Crippen molar-refractivity contribution in [2.75, 3.05) is 83.5 Å². The number of amides is 4. The van der Waals surface area contributed by atoms with E-state index in [0.717, 1.165) is 49.9 Å². The fourth-order valence-electron chi connectivity index (χ4n) is 8.10. The van der Waals surface area contributed by atoms with Crippen molar-refractivity contribution >= 4 is 53.1 Å². The molecule has 7 rings (SSSR count). The lowest BCUT2D eigenvalue weighted by Crippen LogP contribution is -2.55. The van der Waals surface area contributed by atoms with Crippen LogP contribution in [0, 0.1) is 11.6 Å². The zero-order valence-corrected chi connectivity index (χ0v) is 37.8. The van der Waals surface area contributed by atoms with Crippen LogP contribution in [0.15, 0.2) is 48.8 Å². The number of nitrogens with zero attached hydrogens (tertiary/aromatic N) is 6. The Kier molecular flexibility index (Phi) is 15.1. The largest absolute Gasteiger partial charge is 0.496 e. The third-order valence-electron chi connectivity index (χ3n) is 11.5. The Balaban J connectivity index is 1.04. The minimum Gasteiger partial charge on any atom is -0.496 e. The fourth-order valence-corrected chi connectivity index (χ4v) is 9.15. The summed E-state index contributed by atoms with van der Waals surface area (Å²) < 4.78 is 57.4. The van der Waals surface area contributed by atoms with Crippen molar-refractivity contribution in [2.45, 2.75) is 50.5 Å². The van der Waals surface area contributed by atoms with Gasteiger partial charge in [-0.05, 0) is 62.8 Å². The predicted molar refractivity (Wildman–Crippen MR) is 240 cm³/mol. The number of carbonyl (C=O) groups is 4. The summed E-state index contributed by atoms with van der Waals surface area (Å²) in [6.07, 6.45) is 5.21. The van der Waals surface area contributed by atoms with E-state index in [1.807, 2.05) is 25.0 Å². The molecule has 0 spiro atoms. The van der Waals surface area contributed by atoms with Crippen LogP contribution in [-0.2, 0) is 25.7 Å². The Bertz CT molecular complexity index is 2360. The number of piperazine rings is 1. The summed E-state index contributed by atoms with van der Waals surface area (Å²) in [5.41, 5.74) is 2.22. The summed E-state index contributed by atoms with van der Waals surface area (Å²) in [5.74, 6) is -1.29. The zero-order valence-electron chi connectivity index (χ0n) is 36.2. The molecule has 20 heteroatoms. The van der Waals surface area contributed by atoms with E-state index < -0.39 is 23.1 Å². The number of carbonyl (C=O) groups excluding carboxylic acids is 4. The molecule has 16 nitrogen and oxygen atoms in total. The standard InChI is InChI=1S/C44H52F2N8O8S2/c1-44(2)26-61-15-13-53(44)43(58)40-34-25-62-36-22-35(60-3)32(21-33(36)41(34)54(50-40)31-19-28(45)18-29(46)20-31)27-17-30(24-47-23-27)49-39(56)6-5-38(55)48-8-7-37(63-4)42(57)52-11-9-51(10-12-52)14-16-64-59/h17-24,37,59H,5-16,25-26H2,1-4H3,(H,48,55)(H,49,56). The number of anilines is 1. The second-order valence-corrected chi connectivity index (χ2v) is 18.0. The Labute approximate surface area is 378 Å². The molecule has 5 heterocycles. The number of methoxy groups -OCH3 is 1. The first kappa shape index (κ1) is 46.7. The summed E-state index contributed by atoms with van der Waals surface area (Å²) in [6, 6.07) is 8.16. The second-order valence-electron chi connectivity index (χ2n) is 16.2. The van der Waals surface area contributed by atoms with Crippen molar-refractivity contribution in [1.82, 2.24) is 34.8 Å². The third kappa shape index (κ3) is 10.6. The zero-order chi connectivity index (χ0) is 45.5. The Hall–Kier alpha value is -5.28. The van der Waals surface area contributed by atoms with Gasteiger partial charge in [-0.1, -0.05) is 0 Å². The lowest BCUT2D eigenvalue weighted by molar-refractivity contribution is -0.132. The first-order valence-corrected chi connectivity index (χ1v) is 23.2. The number of morpholine rings is 1. The molecule has 4 aromatic rings. The van der Waals surface area contributed by atoms with Crippen LogP contribution in [0.2, 0.25) is 0 Å². The van der Waals surface area contributed by atoms with Crippen LogP contribution in [-0.4, -0.2) is 147 Å². The molecule has 342 valence electrons. The molecule has 3 aliphatic heterocycles. The average molecular weight is 923 g/mol. The van der Waals surface area contributed by atoms with Gasteiger partial charge in [-0.15, -0.1) is 0 Å². The molecule has 4 amide bonds. The smallest absolute Gasteiger partial charge is 0.275 e. The first-order valence-electron chi connectivity index (χ1n) is 21.0. The first-order chi connectivity index (χ1) is 30.8. The van der Waals surface area contributed by atoms with E-state index in [1.165, 1.54) is 29.8 Å². The van der Waals surface area contributed by atoms with E-state index in [0.29, 0.717) is 90.2 Å². The summed E-state index contributed by atoms with van der Waals surface area (Å²) in [6.45, 7) is 8.51. The molecule has 0 saturated carbocycles. The summed E-state index contributed by atoms with van der Waals surface area (Å²) in [5, 5.41) is 10.0. The van der Waals surface area contributed by atoms with E-state index in [-0.39, 0.29) is 60.3 Å². The number of ether oxygens (including phenoxy) is 3. The van der Waals surface area contributed by atoms with Crippen LogP contribution >= 0.6 is 23.8 Å². The Morgan fingerprint density at radius 2 is 1.72 bits per heavy atom. The highest BCUT2D eigenvalue weighted by atomic mass is 32.2. The van der Waals surface area contributed by atoms with Crippen molar-refractivity contribution in [3.05, 3.63) is 71.7 Å². The van der Waals surface area contributed by atoms with Gasteiger partial charge in [0, 0.05) is 105 Å². The van der Waals surface area contributed by atoms with E-state index in [1.54, 1.807) is 29.3 Å². The van der Waals surface area contributed by atoms with Crippen LogP contribution in [0.4, 0.5) is 14.5 Å². The Morgan fingerprint density at radius 1 is 0.969 bits per heavy atom. The van der Waals surface area contributed by atoms with Gasteiger partial charge in [0.05, 0.1) is 54.4 Å². The van der Waals surface area contributed by atoms with E-state index in [2.05, 4.69) is 20.5 Å². The van der Waals surface area contributed by atoms with Crippen molar-refractivity contribution in [3.63, 3.8) is 0 Å². The maximum absolute atomic E-state index is 14.7. The van der Waals surface area contributed by atoms with Gasteiger partial charge < -0.3 is 39.2 Å². The van der Waals surface area contributed by atoms with Crippen molar-refractivity contribution in [2.24, 2.45) is 0 Å². The number of rotatable bonds is 16. The molecule has 1 atom stereocenters. The van der Waals surface area contributed by atoms with Crippen LogP contribution in [0.1, 0.15) is 49.2 Å². The lowest BCUT2D eigenvalue weighted by atomic mass is 9.95. The molecule has 0 radical (unpaired) electrons. The quantitative estimate of drug-likeness (QED) is 0.123. The van der Waals surface area contributed by atoms with Crippen LogP contribution < -0.4 is 20.1 Å². The van der Waals surface area contributed by atoms with Gasteiger partial charge in [-0.25, -0.2) is 13.5 Å². The molecule has 3 aliphatic rings. The predicted octanol–water partition coefficient (Wildman–Crippen LogP) is 5.34. The van der Waals surface area contributed by atoms with Gasteiger partial charge in [0.25, 0.3) is 5.91 Å². The number of hydrogen-bond donors (Lipinski definition) is 3. The molecule has 2 aromatic heterocycles. The summed E-state index contributed by atoms with van der Waals surface area (Å²) in [7, 11) is 1.49. The number of hydrogen-bond acceptors (Lipinski definition) is 13. The second kappa shape index (κ2) is 20.7. The van der Waals surface area contributed by atoms with Gasteiger partial charge >= 0.3 is 0 Å². The number of pyridine rings is 1. The number of benzene rings is 2. The highest BCUT2D eigenvalue weighted by Crippen LogP contribution is 2.46. The molecule has 2 saturated heterocycles. The lowest BCUT2D eigenvalue weighted by Gasteiger charge is -2.41. The molecule has 3 N–H and O–H groups in total. The van der Waals surface area contributed by atoms with Crippen LogP contribution in [0.3, 0.4) is 0 Å². The number of fused-ring (bicyclic) bond motifs is 3. The summed E-state index contributed by atoms with van der Waals surface area (Å²) >= 11 is 2.26. The van der Waals surface area contributed by atoms with Gasteiger partial charge in [0.15, 0.2) is 5.69 Å². The van der Waals surface area contributed by atoms with Gasteiger partial charge in [0.2, 0.25) is 17.7 Å². The van der Waals surface area contributed by atoms with Gasteiger partial charge in [-0.2, -0.15) is 16.9 Å². The summed E-state index contributed by atoms with van der Waals surface area (Å²) in [4.78, 5) is 63.4. The van der Waals surface area contributed by atoms with Crippen LogP contribution in [0.5, 0.6) is 11.5 Å². The highest BCUT2D eigenvalue weighted by molar-refractivity contribution is 7.99. The number of thioether (sulfide) groups is 1. The molecule has 64 heavy (non-hydrogen) atoms. The molecular weight excluding hydrogens is 871 g/mol. The van der Waals surface area contributed by atoms with Crippen molar-refractivity contribution in [3.8, 4) is 39.6 Å². The van der Waals surface area contributed by atoms with Crippen LogP contribution in [0.25, 0.3) is 28.1 Å². The highest BCUT2D eigenvalue weighted by Gasteiger charge is 2.39. The third-order valence-corrected chi connectivity index (χ3v) is 12.9. The monoisotopic (exact) mass is 922 g/mol. The van der Waals surface area contributed by atoms with Crippen molar-refractivity contribution in [1.29, 1.82) is 0 Å². The van der Waals surface area contributed by atoms with E-state index in [9.17, 15) is 28.0 Å². The normalized spacial score (nSPS) is 16.3. The molecular formula is C44H52F2N8O8S2. The number of nitrogens with one attached hydrogen (secondary N) is 2. The SMILES string of the molecule is COc1cc2c(cc1-c1cncc(NC(=O)CCC(=O)NCCC(SC)C(=O)N3CCN(CCSO)CC3)c1)-c1c(c(C(=O)N3CCOCC3(C)C)nn1-c1cc(F)cc(F)c1)CO2. The van der Waals surface area contributed by atoms with E-state index >= 15 is 0 Å². The maximum Gasteiger partial charge on any atom is 0.275 e. The Morgan fingerprint density at radius 3 is 2.42 bits per heavy atom. The topological polar surface area (TPSA) is 181 Å². The molecule has 2 aromatic carbocycles. The van der Waals surface area contributed by atoms with Gasteiger partial charge in [-0.3, -0.25) is 29.1 Å². The van der Waals surface area contributed by atoms with Gasteiger partial charge in [0.1, 0.15) is 29.7 Å². The molecule has 2 fully saturated rings. The van der Waals surface area contributed by atoms with E-state index in [4.69, 9.17) is 23.9 Å².